The molecule has 3 aromatic rings. The number of halogens is 2. The van der Waals surface area contributed by atoms with Gasteiger partial charge in [0.1, 0.15) is 0 Å². The standard InChI is InChI=1S/C19H16BrI/c1-12-10-11-14-7-3-4-8-15(14)17(12)18(20)16-9-5-6-13(2)19(16)21/h3-11,18H,1-2H3. The van der Waals surface area contributed by atoms with Crippen molar-refractivity contribution in [3.05, 3.63) is 80.4 Å². The average molecular weight is 451 g/mol. The molecule has 0 saturated carbocycles. The van der Waals surface area contributed by atoms with Gasteiger partial charge in [-0.2, -0.15) is 0 Å². The Labute approximate surface area is 147 Å². The lowest BCUT2D eigenvalue weighted by Crippen LogP contribution is -2.00. The molecule has 0 saturated heterocycles. The Hall–Kier alpha value is -0.870. The van der Waals surface area contributed by atoms with Crippen LogP contribution in [-0.4, -0.2) is 0 Å². The molecule has 3 rings (SSSR count). The first-order chi connectivity index (χ1) is 10.1. The Bertz CT molecular complexity index is 808. The van der Waals surface area contributed by atoms with E-state index in [2.05, 4.69) is 107 Å². The number of alkyl halides is 1. The van der Waals surface area contributed by atoms with Crippen LogP contribution in [0, 0.1) is 17.4 Å². The van der Waals surface area contributed by atoms with Gasteiger partial charge >= 0.3 is 0 Å². The highest BCUT2D eigenvalue weighted by Gasteiger charge is 2.18. The minimum Gasteiger partial charge on any atom is -0.0786 e. The smallest absolute Gasteiger partial charge is 0.0663 e. The molecular formula is C19H16BrI. The largest absolute Gasteiger partial charge is 0.0786 e. The summed E-state index contributed by atoms with van der Waals surface area (Å²) in [7, 11) is 0. The predicted octanol–water partition coefficient (Wildman–Crippen LogP) is 6.55. The van der Waals surface area contributed by atoms with Crippen LogP contribution in [0.25, 0.3) is 10.8 Å². The Kier molecular flexibility index (Phi) is 4.36. The van der Waals surface area contributed by atoms with E-state index in [-0.39, 0.29) is 4.83 Å². The van der Waals surface area contributed by atoms with Gasteiger partial charge < -0.3 is 0 Å². The molecular weight excluding hydrogens is 435 g/mol. The fraction of sp³-hybridized carbons (Fsp3) is 0.158. The summed E-state index contributed by atoms with van der Waals surface area (Å²) >= 11 is 6.40. The van der Waals surface area contributed by atoms with Crippen LogP contribution in [-0.2, 0) is 0 Å². The number of hydrogen-bond donors (Lipinski definition) is 0. The van der Waals surface area contributed by atoms with Gasteiger partial charge in [0.25, 0.3) is 0 Å². The van der Waals surface area contributed by atoms with Crippen molar-refractivity contribution in [2.75, 3.05) is 0 Å². The normalized spacial score (nSPS) is 12.6. The highest BCUT2D eigenvalue weighted by Crippen LogP contribution is 2.39. The summed E-state index contributed by atoms with van der Waals surface area (Å²) in [5.41, 5.74) is 5.37. The number of rotatable bonds is 2. The zero-order valence-electron chi connectivity index (χ0n) is 12.0. The van der Waals surface area contributed by atoms with Crippen molar-refractivity contribution in [1.82, 2.24) is 0 Å². The minimum atomic E-state index is 0.218. The number of hydrogen-bond acceptors (Lipinski definition) is 0. The SMILES string of the molecule is Cc1cccc(C(Br)c2c(C)ccc3ccccc23)c1I. The summed E-state index contributed by atoms with van der Waals surface area (Å²) in [6.07, 6.45) is 0. The zero-order valence-corrected chi connectivity index (χ0v) is 15.8. The van der Waals surface area contributed by atoms with Crippen molar-refractivity contribution in [3.8, 4) is 0 Å². The van der Waals surface area contributed by atoms with E-state index in [1.54, 1.807) is 0 Å². The van der Waals surface area contributed by atoms with E-state index in [9.17, 15) is 0 Å². The third kappa shape index (κ3) is 2.76. The molecule has 106 valence electrons. The van der Waals surface area contributed by atoms with E-state index in [0.29, 0.717) is 0 Å². The molecule has 0 heterocycles. The average Bonchev–Trinajstić information content (AvgIpc) is 2.49. The second-order valence-corrected chi connectivity index (χ2v) is 7.35. The fourth-order valence-corrected chi connectivity index (χ4v) is 4.85. The second kappa shape index (κ2) is 6.09. The molecule has 0 N–H and O–H groups in total. The maximum Gasteiger partial charge on any atom is 0.0663 e. The quantitative estimate of drug-likeness (QED) is 0.307. The van der Waals surface area contributed by atoms with Crippen LogP contribution in [0.2, 0.25) is 0 Å². The third-order valence-corrected chi connectivity index (χ3v) is 6.36. The van der Waals surface area contributed by atoms with Gasteiger partial charge in [-0.15, -0.1) is 0 Å². The monoisotopic (exact) mass is 450 g/mol. The first-order valence-corrected chi connectivity index (χ1v) is 8.96. The van der Waals surface area contributed by atoms with Crippen molar-refractivity contribution in [1.29, 1.82) is 0 Å². The van der Waals surface area contributed by atoms with Crippen LogP contribution < -0.4 is 0 Å². The Morgan fingerprint density at radius 1 is 0.857 bits per heavy atom. The number of aryl methyl sites for hydroxylation is 2. The second-order valence-electron chi connectivity index (χ2n) is 5.36. The molecule has 1 unspecified atom stereocenters. The summed E-state index contributed by atoms with van der Waals surface area (Å²) in [5, 5.41) is 2.63. The summed E-state index contributed by atoms with van der Waals surface area (Å²) in [5.74, 6) is 0. The minimum absolute atomic E-state index is 0.218. The molecule has 21 heavy (non-hydrogen) atoms. The lowest BCUT2D eigenvalue weighted by atomic mass is 9.94. The van der Waals surface area contributed by atoms with Gasteiger partial charge in [-0.1, -0.05) is 70.5 Å². The van der Waals surface area contributed by atoms with E-state index in [4.69, 9.17) is 0 Å². The molecule has 2 heteroatoms. The molecule has 3 aromatic carbocycles. The lowest BCUT2D eigenvalue weighted by molar-refractivity contribution is 1.14. The van der Waals surface area contributed by atoms with Crippen molar-refractivity contribution < 1.29 is 0 Å². The molecule has 0 fully saturated rings. The molecule has 1 atom stereocenters. The molecule has 0 aliphatic heterocycles. The fourth-order valence-electron chi connectivity index (χ4n) is 2.76. The summed E-state index contributed by atoms with van der Waals surface area (Å²) in [6, 6.07) is 19.6. The molecule has 0 bridgehead atoms. The Morgan fingerprint density at radius 2 is 1.62 bits per heavy atom. The van der Waals surface area contributed by atoms with Gasteiger partial charge in [0.2, 0.25) is 0 Å². The Morgan fingerprint density at radius 3 is 2.43 bits per heavy atom. The van der Waals surface area contributed by atoms with Crippen molar-refractivity contribution >= 4 is 49.3 Å². The van der Waals surface area contributed by atoms with Crippen LogP contribution in [0.1, 0.15) is 27.1 Å². The van der Waals surface area contributed by atoms with Gasteiger partial charge in [-0.25, -0.2) is 0 Å². The van der Waals surface area contributed by atoms with Crippen molar-refractivity contribution in [2.24, 2.45) is 0 Å². The third-order valence-electron chi connectivity index (χ3n) is 3.94. The summed E-state index contributed by atoms with van der Waals surface area (Å²) < 4.78 is 1.34. The number of fused-ring (bicyclic) bond motifs is 1. The molecule has 0 aliphatic rings. The lowest BCUT2D eigenvalue weighted by Gasteiger charge is -2.19. The molecule has 0 spiro atoms. The van der Waals surface area contributed by atoms with Gasteiger partial charge in [-0.05, 0) is 69.5 Å². The van der Waals surface area contributed by atoms with Crippen LogP contribution in [0.3, 0.4) is 0 Å². The Balaban J connectivity index is 2.24. The molecule has 0 radical (unpaired) electrons. The van der Waals surface area contributed by atoms with Crippen LogP contribution in [0.4, 0.5) is 0 Å². The van der Waals surface area contributed by atoms with E-state index in [1.807, 2.05) is 0 Å². The van der Waals surface area contributed by atoms with E-state index >= 15 is 0 Å². The van der Waals surface area contributed by atoms with E-state index in [1.165, 1.54) is 36.6 Å². The molecule has 0 amide bonds. The molecule has 0 aliphatic carbocycles. The first kappa shape index (κ1) is 15.0. The van der Waals surface area contributed by atoms with Gasteiger partial charge in [0.15, 0.2) is 0 Å². The number of benzene rings is 3. The van der Waals surface area contributed by atoms with Crippen molar-refractivity contribution in [2.45, 2.75) is 18.7 Å². The van der Waals surface area contributed by atoms with E-state index in [0.717, 1.165) is 0 Å². The van der Waals surface area contributed by atoms with Crippen LogP contribution >= 0.6 is 38.5 Å². The van der Waals surface area contributed by atoms with Crippen LogP contribution in [0.15, 0.2) is 54.6 Å². The molecule has 0 nitrogen and oxygen atoms in total. The van der Waals surface area contributed by atoms with Crippen LogP contribution in [0.5, 0.6) is 0 Å². The summed E-state index contributed by atoms with van der Waals surface area (Å²) in [6.45, 7) is 4.36. The van der Waals surface area contributed by atoms with Gasteiger partial charge in [0, 0.05) is 3.57 Å². The van der Waals surface area contributed by atoms with Gasteiger partial charge in [0.05, 0.1) is 4.83 Å². The molecule has 0 aromatic heterocycles. The van der Waals surface area contributed by atoms with Gasteiger partial charge in [-0.3, -0.25) is 0 Å². The topological polar surface area (TPSA) is 0 Å². The predicted molar refractivity (Wildman–Crippen MR) is 103 cm³/mol. The van der Waals surface area contributed by atoms with E-state index < -0.39 is 0 Å². The zero-order chi connectivity index (χ0) is 15.0. The highest BCUT2D eigenvalue weighted by atomic mass is 127. The maximum atomic E-state index is 3.95. The maximum absolute atomic E-state index is 3.95. The summed E-state index contributed by atoms with van der Waals surface area (Å²) in [4.78, 5) is 0.218. The highest BCUT2D eigenvalue weighted by molar-refractivity contribution is 14.1. The van der Waals surface area contributed by atoms with Crippen molar-refractivity contribution in [3.63, 3.8) is 0 Å². The first-order valence-electron chi connectivity index (χ1n) is 6.97.